The van der Waals surface area contributed by atoms with Crippen molar-refractivity contribution in [1.29, 1.82) is 0 Å². The highest BCUT2D eigenvalue weighted by atomic mass is 16.6. The van der Waals surface area contributed by atoms with E-state index in [4.69, 9.17) is 4.74 Å². The third-order valence-corrected chi connectivity index (χ3v) is 2.16. The van der Waals surface area contributed by atoms with Crippen LogP contribution >= 0.6 is 0 Å². The predicted molar refractivity (Wildman–Crippen MR) is 61.1 cm³/mol. The minimum absolute atomic E-state index is 0.431. The monoisotopic (exact) mass is 220 g/mol. The first-order valence-electron chi connectivity index (χ1n) is 5.14. The van der Waals surface area contributed by atoms with Gasteiger partial charge < -0.3 is 4.74 Å². The zero-order valence-electron chi connectivity index (χ0n) is 10.0. The maximum absolute atomic E-state index is 11.7. The molecule has 0 fully saturated rings. The molecule has 0 amide bonds. The molecular formula is C13H16O3. The molecule has 0 aliphatic carbocycles. The minimum Gasteiger partial charge on any atom is -0.389 e. The Morgan fingerprint density at radius 3 is 2.19 bits per heavy atom. The second kappa shape index (κ2) is 4.47. The van der Waals surface area contributed by atoms with Gasteiger partial charge in [-0.05, 0) is 39.3 Å². The van der Waals surface area contributed by atoms with Crippen molar-refractivity contribution >= 4 is 11.9 Å². The summed E-state index contributed by atoms with van der Waals surface area (Å²) < 4.78 is 4.80. The highest BCUT2D eigenvalue weighted by molar-refractivity contribution is 5.98. The first-order valence-corrected chi connectivity index (χ1v) is 5.14. The Morgan fingerprint density at radius 1 is 1.12 bits per heavy atom. The van der Waals surface area contributed by atoms with Crippen molar-refractivity contribution < 1.29 is 14.3 Å². The van der Waals surface area contributed by atoms with Crippen LogP contribution in [0.1, 0.15) is 36.7 Å². The minimum atomic E-state index is -0.668. The average Bonchev–Trinajstić information content (AvgIpc) is 2.16. The SMILES string of the molecule is Cc1ccccc1C(=O)OC(=O)C(C)(C)C. The van der Waals surface area contributed by atoms with Gasteiger partial charge in [0.2, 0.25) is 0 Å². The molecule has 0 aliphatic heterocycles. The van der Waals surface area contributed by atoms with Crippen LogP contribution < -0.4 is 0 Å². The second-order valence-electron chi connectivity index (χ2n) is 4.74. The summed E-state index contributed by atoms with van der Waals surface area (Å²) >= 11 is 0. The van der Waals surface area contributed by atoms with E-state index < -0.39 is 17.4 Å². The third kappa shape index (κ3) is 2.92. The van der Waals surface area contributed by atoms with E-state index in [0.717, 1.165) is 5.56 Å². The Balaban J connectivity index is 2.82. The highest BCUT2D eigenvalue weighted by Crippen LogP contribution is 2.17. The molecule has 3 heteroatoms. The Morgan fingerprint density at radius 2 is 1.69 bits per heavy atom. The molecule has 1 aromatic rings. The molecule has 0 aliphatic rings. The van der Waals surface area contributed by atoms with Gasteiger partial charge in [-0.2, -0.15) is 0 Å². The Labute approximate surface area is 95.4 Å². The van der Waals surface area contributed by atoms with Crippen molar-refractivity contribution in [3.8, 4) is 0 Å². The van der Waals surface area contributed by atoms with Crippen LogP contribution in [0.25, 0.3) is 0 Å². The van der Waals surface area contributed by atoms with Crippen molar-refractivity contribution in [3.05, 3.63) is 35.4 Å². The molecule has 0 aromatic heterocycles. The number of aryl methyl sites for hydroxylation is 1. The summed E-state index contributed by atoms with van der Waals surface area (Å²) in [5.74, 6) is -1.10. The number of benzene rings is 1. The molecule has 0 radical (unpaired) electrons. The second-order valence-corrected chi connectivity index (χ2v) is 4.74. The zero-order valence-corrected chi connectivity index (χ0v) is 10.0. The lowest BCUT2D eigenvalue weighted by molar-refractivity contribution is -0.146. The van der Waals surface area contributed by atoms with Gasteiger partial charge in [-0.25, -0.2) is 4.79 Å². The normalized spacial score (nSPS) is 11.0. The average molecular weight is 220 g/mol. The summed E-state index contributed by atoms with van der Waals surface area (Å²) in [5.41, 5.74) is 0.563. The molecule has 0 atom stereocenters. The van der Waals surface area contributed by atoms with E-state index in [1.54, 1.807) is 45.9 Å². The van der Waals surface area contributed by atoms with Crippen LogP contribution in [0.3, 0.4) is 0 Å². The number of hydrogen-bond acceptors (Lipinski definition) is 3. The van der Waals surface area contributed by atoms with E-state index >= 15 is 0 Å². The maximum Gasteiger partial charge on any atom is 0.346 e. The van der Waals surface area contributed by atoms with E-state index in [1.165, 1.54) is 0 Å². The smallest absolute Gasteiger partial charge is 0.346 e. The quantitative estimate of drug-likeness (QED) is 0.540. The third-order valence-electron chi connectivity index (χ3n) is 2.16. The molecule has 0 N–H and O–H groups in total. The summed E-state index contributed by atoms with van der Waals surface area (Å²) in [7, 11) is 0. The van der Waals surface area contributed by atoms with Crippen LogP contribution in [0.5, 0.6) is 0 Å². The largest absolute Gasteiger partial charge is 0.389 e. The number of ether oxygens (including phenoxy) is 1. The lowest BCUT2D eigenvalue weighted by atomic mass is 9.97. The van der Waals surface area contributed by atoms with Crippen LogP contribution in [-0.4, -0.2) is 11.9 Å². The maximum atomic E-state index is 11.7. The fraction of sp³-hybridized carbons (Fsp3) is 0.385. The summed E-state index contributed by atoms with van der Waals surface area (Å²) in [5, 5.41) is 0. The van der Waals surface area contributed by atoms with Crippen LogP contribution in [0.2, 0.25) is 0 Å². The standard InChI is InChI=1S/C13H16O3/c1-9-7-5-6-8-10(9)11(14)16-12(15)13(2,3)4/h5-8H,1-4H3. The molecule has 1 aromatic carbocycles. The predicted octanol–water partition coefficient (Wildman–Crippen LogP) is 2.72. The molecule has 0 saturated carbocycles. The summed E-state index contributed by atoms with van der Waals surface area (Å²) in [6, 6.07) is 7.02. The van der Waals surface area contributed by atoms with Gasteiger partial charge in [-0.15, -0.1) is 0 Å². The van der Waals surface area contributed by atoms with Gasteiger partial charge >= 0.3 is 11.9 Å². The summed E-state index contributed by atoms with van der Waals surface area (Å²) in [4.78, 5) is 23.2. The van der Waals surface area contributed by atoms with Gasteiger partial charge in [0.25, 0.3) is 0 Å². The molecule has 1 rings (SSSR count). The van der Waals surface area contributed by atoms with Crippen molar-refractivity contribution in [2.75, 3.05) is 0 Å². The highest BCUT2D eigenvalue weighted by Gasteiger charge is 2.26. The number of rotatable bonds is 1. The molecule has 0 unspecified atom stereocenters. The van der Waals surface area contributed by atoms with Crippen LogP contribution in [0, 0.1) is 12.3 Å². The molecule has 86 valence electrons. The van der Waals surface area contributed by atoms with E-state index in [2.05, 4.69) is 0 Å². The van der Waals surface area contributed by atoms with Crippen LogP contribution in [0.15, 0.2) is 24.3 Å². The van der Waals surface area contributed by atoms with Gasteiger partial charge in [0, 0.05) is 0 Å². The van der Waals surface area contributed by atoms with E-state index in [0.29, 0.717) is 5.56 Å². The Bertz CT molecular complexity index is 413. The fourth-order valence-electron chi connectivity index (χ4n) is 1.09. The van der Waals surface area contributed by atoms with Crippen LogP contribution in [0.4, 0.5) is 0 Å². The van der Waals surface area contributed by atoms with Crippen molar-refractivity contribution in [2.24, 2.45) is 5.41 Å². The fourth-order valence-corrected chi connectivity index (χ4v) is 1.09. The van der Waals surface area contributed by atoms with Gasteiger partial charge in [-0.3, -0.25) is 4.79 Å². The molecule has 16 heavy (non-hydrogen) atoms. The molecule has 0 heterocycles. The van der Waals surface area contributed by atoms with Crippen molar-refractivity contribution in [1.82, 2.24) is 0 Å². The molecule has 0 spiro atoms. The van der Waals surface area contributed by atoms with Gasteiger partial charge in [-0.1, -0.05) is 18.2 Å². The lowest BCUT2D eigenvalue weighted by Crippen LogP contribution is -2.26. The Kier molecular flexibility index (Phi) is 3.48. The molecular weight excluding hydrogens is 204 g/mol. The van der Waals surface area contributed by atoms with E-state index in [9.17, 15) is 9.59 Å². The number of carbonyl (C=O) groups is 2. The van der Waals surface area contributed by atoms with Gasteiger partial charge in [0.1, 0.15) is 0 Å². The first kappa shape index (κ1) is 12.4. The number of hydrogen-bond donors (Lipinski definition) is 0. The van der Waals surface area contributed by atoms with E-state index in [1.807, 2.05) is 6.07 Å². The van der Waals surface area contributed by atoms with Gasteiger partial charge in [0.05, 0.1) is 11.0 Å². The lowest BCUT2D eigenvalue weighted by Gasteiger charge is -2.15. The zero-order chi connectivity index (χ0) is 12.3. The number of carbonyl (C=O) groups excluding carboxylic acids is 2. The topological polar surface area (TPSA) is 43.4 Å². The van der Waals surface area contributed by atoms with Crippen molar-refractivity contribution in [3.63, 3.8) is 0 Å². The Hall–Kier alpha value is -1.64. The van der Waals surface area contributed by atoms with Crippen LogP contribution in [-0.2, 0) is 9.53 Å². The molecule has 3 nitrogen and oxygen atoms in total. The van der Waals surface area contributed by atoms with Gasteiger partial charge in [0.15, 0.2) is 0 Å². The van der Waals surface area contributed by atoms with Crippen molar-refractivity contribution in [2.45, 2.75) is 27.7 Å². The van der Waals surface area contributed by atoms with E-state index in [-0.39, 0.29) is 0 Å². The molecule has 0 saturated heterocycles. The summed E-state index contributed by atoms with van der Waals surface area (Å²) in [6.07, 6.45) is 0. The molecule has 0 bridgehead atoms. The number of esters is 2. The first-order chi connectivity index (χ1) is 7.32. The summed E-state index contributed by atoms with van der Waals surface area (Å²) in [6.45, 7) is 6.93.